The lowest BCUT2D eigenvalue weighted by atomic mass is 9.88. The first-order chi connectivity index (χ1) is 32.7. The fraction of sp³-hybridized carbons (Fsp3) is 0.273. The molecule has 0 bridgehead atoms. The van der Waals surface area contributed by atoms with Crippen molar-refractivity contribution in [2.75, 3.05) is 0 Å². The van der Waals surface area contributed by atoms with Crippen molar-refractivity contribution in [2.24, 2.45) is 0 Å². The average molecular weight is 877 g/mol. The van der Waals surface area contributed by atoms with Gasteiger partial charge in [0.15, 0.2) is 0 Å². The van der Waals surface area contributed by atoms with Gasteiger partial charge in [0.2, 0.25) is 0 Å². The van der Waals surface area contributed by atoms with Gasteiger partial charge in [-0.15, -0.1) is 0 Å². The van der Waals surface area contributed by atoms with Gasteiger partial charge >= 0.3 is 0 Å². The normalized spacial score (nSPS) is 9.36. The Morgan fingerprint density at radius 1 is 0.212 bits per heavy atom. The van der Waals surface area contributed by atoms with Gasteiger partial charge in [-0.2, -0.15) is 0 Å². The van der Waals surface area contributed by atoms with Crippen molar-refractivity contribution in [1.82, 2.24) is 0 Å². The quantitative estimate of drug-likeness (QED) is 0.152. The van der Waals surface area contributed by atoms with Crippen LogP contribution in [0.3, 0.4) is 0 Å². The van der Waals surface area contributed by atoms with Gasteiger partial charge in [-0.1, -0.05) is 292 Å². The summed E-state index contributed by atoms with van der Waals surface area (Å²) in [5.74, 6) is 0. The summed E-state index contributed by atoms with van der Waals surface area (Å²) < 4.78 is 0. The van der Waals surface area contributed by atoms with Gasteiger partial charge in [-0.05, 0) is 112 Å². The highest BCUT2D eigenvalue weighted by atomic mass is 14.2. The molecule has 0 aliphatic carbocycles. The Morgan fingerprint density at radius 3 is 0.939 bits per heavy atom. The Labute approximate surface area is 402 Å². The van der Waals surface area contributed by atoms with Crippen molar-refractivity contribution in [3.05, 3.63) is 193 Å². The largest absolute Gasteiger partial charge is 0.0683 e. The van der Waals surface area contributed by atoms with Gasteiger partial charge in [0.25, 0.3) is 0 Å². The molecular formula is C66H84. The molecule has 10 aromatic rings. The van der Waals surface area contributed by atoms with Crippen molar-refractivity contribution >= 4 is 64.6 Å². The third-order valence-corrected chi connectivity index (χ3v) is 10.3. The summed E-state index contributed by atoms with van der Waals surface area (Å²) in [6, 6.07) is 65.9. The highest BCUT2D eigenvalue weighted by Crippen LogP contribution is 2.41. The van der Waals surface area contributed by atoms with Crippen LogP contribution in [0.5, 0.6) is 0 Å². The lowest BCUT2D eigenvalue weighted by molar-refractivity contribution is 1.47. The molecule has 0 N–H and O–H groups in total. The van der Waals surface area contributed by atoms with E-state index in [0.717, 1.165) is 0 Å². The topological polar surface area (TPSA) is 0 Å². The van der Waals surface area contributed by atoms with Crippen LogP contribution in [0.2, 0.25) is 0 Å². The lowest BCUT2D eigenvalue weighted by Crippen LogP contribution is -1.88. The molecule has 0 aromatic heterocycles. The SMILES string of the molecule is CC.CC.CC.CC.CC.CC.CC.CC.Cc1cccc(-c2ccc3c4ccccc4c4ccccc4c3c2)c1.Cc1ccccc1-c1cccc2c3ccccc3c3ccccc3c12. The van der Waals surface area contributed by atoms with Gasteiger partial charge in [0, 0.05) is 0 Å². The molecule has 0 aliphatic rings. The van der Waals surface area contributed by atoms with Crippen molar-refractivity contribution in [2.45, 2.75) is 125 Å². The number of hydrogen-bond acceptors (Lipinski definition) is 0. The molecule has 0 radical (unpaired) electrons. The predicted molar refractivity (Wildman–Crippen MR) is 309 cm³/mol. The van der Waals surface area contributed by atoms with E-state index in [2.05, 4.69) is 196 Å². The molecule has 10 rings (SSSR count). The molecule has 0 unspecified atom stereocenters. The van der Waals surface area contributed by atoms with Gasteiger partial charge in [0.05, 0.1) is 0 Å². The third kappa shape index (κ3) is 13.4. The van der Waals surface area contributed by atoms with Crippen molar-refractivity contribution in [1.29, 1.82) is 0 Å². The molecule has 0 atom stereocenters. The van der Waals surface area contributed by atoms with Crippen LogP contribution in [0, 0.1) is 13.8 Å². The maximum Gasteiger partial charge on any atom is -0.00203 e. The minimum atomic E-state index is 1.27. The van der Waals surface area contributed by atoms with E-state index in [9.17, 15) is 0 Å². The van der Waals surface area contributed by atoms with Crippen LogP contribution in [-0.4, -0.2) is 0 Å². The van der Waals surface area contributed by atoms with E-state index in [1.165, 1.54) is 98.0 Å². The van der Waals surface area contributed by atoms with E-state index < -0.39 is 0 Å². The second-order valence-electron chi connectivity index (χ2n) is 13.4. The second-order valence-corrected chi connectivity index (χ2v) is 13.4. The van der Waals surface area contributed by atoms with Crippen LogP contribution < -0.4 is 0 Å². The first-order valence-corrected chi connectivity index (χ1v) is 25.4. The first-order valence-electron chi connectivity index (χ1n) is 25.4. The minimum Gasteiger partial charge on any atom is -0.0683 e. The molecule has 348 valence electrons. The summed E-state index contributed by atoms with van der Waals surface area (Å²) in [5, 5.41) is 15.9. The Hall–Kier alpha value is -6.24. The van der Waals surface area contributed by atoms with Crippen LogP contribution in [-0.2, 0) is 0 Å². The first kappa shape index (κ1) is 57.8. The van der Waals surface area contributed by atoms with Crippen molar-refractivity contribution in [3.63, 3.8) is 0 Å². The van der Waals surface area contributed by atoms with Gasteiger partial charge in [0.1, 0.15) is 0 Å². The molecule has 0 amide bonds. The molecule has 0 heteroatoms. The van der Waals surface area contributed by atoms with Crippen LogP contribution in [0.1, 0.15) is 122 Å². The molecule has 0 saturated heterocycles. The van der Waals surface area contributed by atoms with E-state index in [1.807, 2.05) is 111 Å². The summed E-state index contributed by atoms with van der Waals surface area (Å²) in [6.07, 6.45) is 0. The van der Waals surface area contributed by atoms with E-state index >= 15 is 0 Å². The summed E-state index contributed by atoms with van der Waals surface area (Å²) in [6.45, 7) is 36.3. The van der Waals surface area contributed by atoms with Crippen LogP contribution in [0.15, 0.2) is 182 Å². The predicted octanol–water partition coefficient (Wildman–Crippen LogP) is 22.5. The van der Waals surface area contributed by atoms with E-state index in [0.29, 0.717) is 0 Å². The van der Waals surface area contributed by atoms with Crippen molar-refractivity contribution in [3.8, 4) is 22.3 Å². The average Bonchev–Trinajstić information content (AvgIpc) is 3.43. The van der Waals surface area contributed by atoms with Gasteiger partial charge in [-0.3, -0.25) is 0 Å². The molecule has 0 fully saturated rings. The van der Waals surface area contributed by atoms with Crippen molar-refractivity contribution < 1.29 is 0 Å². The summed E-state index contributed by atoms with van der Waals surface area (Å²) in [7, 11) is 0. The summed E-state index contributed by atoms with van der Waals surface area (Å²) >= 11 is 0. The maximum atomic E-state index is 2.35. The number of benzene rings is 10. The molecular weight excluding hydrogens is 793 g/mol. The summed E-state index contributed by atoms with van der Waals surface area (Å²) in [4.78, 5) is 0. The highest BCUT2D eigenvalue weighted by molar-refractivity contribution is 6.28. The van der Waals surface area contributed by atoms with Gasteiger partial charge in [-0.25, -0.2) is 0 Å². The fourth-order valence-electron chi connectivity index (χ4n) is 7.97. The molecule has 0 nitrogen and oxygen atoms in total. The third-order valence-electron chi connectivity index (χ3n) is 10.3. The second kappa shape index (κ2) is 32.4. The zero-order valence-electron chi connectivity index (χ0n) is 44.3. The Balaban J connectivity index is 0.000000508. The lowest BCUT2D eigenvalue weighted by Gasteiger charge is -2.15. The molecule has 0 spiro atoms. The monoisotopic (exact) mass is 877 g/mol. The zero-order chi connectivity index (χ0) is 49.6. The summed E-state index contributed by atoms with van der Waals surface area (Å²) in [5.41, 5.74) is 7.79. The Morgan fingerprint density at radius 2 is 0.515 bits per heavy atom. The smallest absolute Gasteiger partial charge is 0.00203 e. The molecule has 0 heterocycles. The standard InChI is InChI=1S/2C25H18.8C2H6/c1-17-9-2-3-10-18(17)22-15-8-16-24-21-12-5-4-11-19(21)20-13-6-7-14-23(20)25(22)24;1-17-7-6-8-18(15-17)19-13-14-24-22-11-3-2-9-20(22)21-10-4-5-12-23(21)25(24)16-19;8*1-2/h2*2-16H,1H3;8*1-2H3. The number of fused-ring (bicyclic) bond motifs is 12. The van der Waals surface area contributed by atoms with E-state index in [1.54, 1.807) is 0 Å². The highest BCUT2D eigenvalue weighted by Gasteiger charge is 2.13. The van der Waals surface area contributed by atoms with E-state index in [-0.39, 0.29) is 0 Å². The molecule has 10 aromatic carbocycles. The minimum absolute atomic E-state index is 1.27. The van der Waals surface area contributed by atoms with Crippen LogP contribution in [0.4, 0.5) is 0 Å². The number of rotatable bonds is 2. The maximum absolute atomic E-state index is 2.35. The molecule has 0 saturated carbocycles. The van der Waals surface area contributed by atoms with Crippen LogP contribution >= 0.6 is 0 Å². The number of hydrogen-bond donors (Lipinski definition) is 0. The van der Waals surface area contributed by atoms with E-state index in [4.69, 9.17) is 0 Å². The zero-order valence-corrected chi connectivity index (χ0v) is 44.3. The number of aryl methyl sites for hydroxylation is 2. The van der Waals surface area contributed by atoms with Crippen LogP contribution in [0.25, 0.3) is 86.9 Å². The molecule has 66 heavy (non-hydrogen) atoms. The van der Waals surface area contributed by atoms with Gasteiger partial charge < -0.3 is 0 Å². The Bertz CT molecular complexity index is 2810. The Kier molecular flexibility index (Phi) is 28.4. The fourth-order valence-corrected chi connectivity index (χ4v) is 7.97. The molecule has 0 aliphatic heterocycles.